The molecule has 0 amide bonds. The molecule has 1 saturated heterocycles. The molecule has 1 fully saturated rings. The molecule has 4 rings (SSSR count). The van der Waals surface area contributed by atoms with Crippen molar-refractivity contribution in [1.29, 1.82) is 0 Å². The van der Waals surface area contributed by atoms with Crippen LogP contribution in [0.5, 0.6) is 0 Å². The number of azide groups is 1. The van der Waals surface area contributed by atoms with Crippen LogP contribution < -0.4 is 0 Å². The van der Waals surface area contributed by atoms with Crippen molar-refractivity contribution >= 4 is 5.97 Å². The highest BCUT2D eigenvalue weighted by molar-refractivity contribution is 5.66. The maximum atomic E-state index is 12.1. The molecule has 3 aromatic carbocycles. The first-order valence-corrected chi connectivity index (χ1v) is 12.9. The molecule has 9 nitrogen and oxygen atoms in total. The lowest BCUT2D eigenvalue weighted by Gasteiger charge is -2.46. The van der Waals surface area contributed by atoms with Gasteiger partial charge in [0.05, 0.1) is 32.0 Å². The second kappa shape index (κ2) is 14.4. The smallest absolute Gasteiger partial charge is 0.305 e. The molecule has 9 heteroatoms. The Kier molecular flexibility index (Phi) is 10.5. The number of ether oxygens (including phenoxy) is 5. The highest BCUT2D eigenvalue weighted by atomic mass is 16.7. The number of carbonyl (C=O) groups excluding carboxylic acids is 1. The molecule has 204 valence electrons. The Morgan fingerprint density at radius 1 is 0.795 bits per heavy atom. The fraction of sp³-hybridized carbons (Fsp3) is 0.367. The summed E-state index contributed by atoms with van der Waals surface area (Å²) < 4.78 is 31.1. The molecule has 3 aromatic rings. The first-order valence-electron chi connectivity index (χ1n) is 12.9. The van der Waals surface area contributed by atoms with Crippen molar-refractivity contribution in [1.82, 2.24) is 0 Å². The normalized spacial score (nSPS) is 23.4. The van der Waals surface area contributed by atoms with E-state index in [1.807, 2.05) is 91.0 Å². The lowest BCUT2D eigenvalue weighted by molar-refractivity contribution is -0.316. The number of hydrogen-bond donors (Lipinski definition) is 0. The van der Waals surface area contributed by atoms with Crippen LogP contribution in [0.4, 0.5) is 0 Å². The molecule has 0 N–H and O–H groups in total. The molecule has 0 bridgehead atoms. The van der Waals surface area contributed by atoms with Crippen LogP contribution in [0.25, 0.3) is 10.4 Å². The summed E-state index contributed by atoms with van der Waals surface area (Å²) in [6.45, 7) is 3.80. The molecular formula is C30H33N3O6. The van der Waals surface area contributed by atoms with Crippen molar-refractivity contribution in [2.45, 2.75) is 70.4 Å². The summed E-state index contributed by atoms with van der Waals surface area (Å²) in [5.74, 6) is -0.533. The highest BCUT2D eigenvalue weighted by Gasteiger charge is 2.51. The maximum Gasteiger partial charge on any atom is 0.305 e. The van der Waals surface area contributed by atoms with Crippen LogP contribution >= 0.6 is 0 Å². The molecule has 1 aliphatic heterocycles. The molecule has 1 unspecified atom stereocenters. The molecule has 0 aromatic heterocycles. The van der Waals surface area contributed by atoms with Crippen LogP contribution in [0.3, 0.4) is 0 Å². The van der Waals surface area contributed by atoms with Gasteiger partial charge in [-0.1, -0.05) is 103 Å². The summed E-state index contributed by atoms with van der Waals surface area (Å²) >= 11 is 0. The number of rotatable bonds is 12. The molecular weight excluding hydrogens is 498 g/mol. The monoisotopic (exact) mass is 531 g/mol. The minimum atomic E-state index is -1.11. The molecule has 39 heavy (non-hydrogen) atoms. The van der Waals surface area contributed by atoms with E-state index in [1.54, 1.807) is 6.92 Å². The Morgan fingerprint density at radius 2 is 1.23 bits per heavy atom. The SMILES string of the molecule is CC(=O)OC1O[C@H]([C@@H](C)N=[N+]=[N-])[C@@H](OCc2ccccc2)[C@H](OCc2ccccc2)[C@H]1OCc1ccccc1. The lowest BCUT2D eigenvalue weighted by atomic mass is 9.94. The summed E-state index contributed by atoms with van der Waals surface area (Å²) in [6.07, 6.45) is -4.14. The minimum Gasteiger partial charge on any atom is -0.433 e. The van der Waals surface area contributed by atoms with E-state index in [0.717, 1.165) is 16.7 Å². The van der Waals surface area contributed by atoms with Crippen LogP contribution in [0.2, 0.25) is 0 Å². The van der Waals surface area contributed by atoms with Gasteiger partial charge in [-0.15, -0.1) is 0 Å². The van der Waals surface area contributed by atoms with Crippen molar-refractivity contribution in [2.24, 2.45) is 5.11 Å². The quantitative estimate of drug-likeness (QED) is 0.128. The number of benzene rings is 3. The van der Waals surface area contributed by atoms with Gasteiger partial charge in [-0.25, -0.2) is 0 Å². The second-order valence-corrected chi connectivity index (χ2v) is 9.31. The second-order valence-electron chi connectivity index (χ2n) is 9.31. The number of hydrogen-bond acceptors (Lipinski definition) is 7. The van der Waals surface area contributed by atoms with E-state index in [0.29, 0.717) is 0 Å². The van der Waals surface area contributed by atoms with Gasteiger partial charge >= 0.3 is 5.97 Å². The van der Waals surface area contributed by atoms with Gasteiger partial charge in [0.1, 0.15) is 18.3 Å². The van der Waals surface area contributed by atoms with Crippen LogP contribution in [-0.4, -0.2) is 42.7 Å². The van der Waals surface area contributed by atoms with Crippen LogP contribution in [0.15, 0.2) is 96.1 Å². The van der Waals surface area contributed by atoms with E-state index in [-0.39, 0.29) is 19.8 Å². The van der Waals surface area contributed by atoms with Gasteiger partial charge in [0, 0.05) is 11.8 Å². The van der Waals surface area contributed by atoms with E-state index in [1.165, 1.54) is 6.92 Å². The van der Waals surface area contributed by atoms with E-state index in [2.05, 4.69) is 10.0 Å². The van der Waals surface area contributed by atoms with Gasteiger partial charge < -0.3 is 23.7 Å². The fourth-order valence-electron chi connectivity index (χ4n) is 4.49. The van der Waals surface area contributed by atoms with Gasteiger partial charge in [-0.05, 0) is 22.2 Å². The maximum absolute atomic E-state index is 12.1. The molecule has 0 saturated carbocycles. The Balaban J connectivity index is 1.68. The zero-order valence-electron chi connectivity index (χ0n) is 22.0. The van der Waals surface area contributed by atoms with Crippen LogP contribution in [0.1, 0.15) is 30.5 Å². The average molecular weight is 532 g/mol. The minimum absolute atomic E-state index is 0.236. The van der Waals surface area contributed by atoms with E-state index < -0.39 is 42.7 Å². The Morgan fingerprint density at radius 3 is 1.67 bits per heavy atom. The molecule has 0 spiro atoms. The van der Waals surface area contributed by atoms with Gasteiger partial charge in [0.15, 0.2) is 0 Å². The average Bonchev–Trinajstić information content (AvgIpc) is 2.96. The number of esters is 1. The highest BCUT2D eigenvalue weighted by Crippen LogP contribution is 2.33. The zero-order chi connectivity index (χ0) is 27.5. The molecule has 0 aliphatic carbocycles. The first-order chi connectivity index (χ1) is 19.0. The fourth-order valence-corrected chi connectivity index (χ4v) is 4.49. The van der Waals surface area contributed by atoms with E-state index in [4.69, 9.17) is 23.7 Å². The van der Waals surface area contributed by atoms with E-state index >= 15 is 0 Å². The van der Waals surface area contributed by atoms with Gasteiger partial charge in [0.2, 0.25) is 6.29 Å². The summed E-state index contributed by atoms with van der Waals surface area (Å²) in [7, 11) is 0. The number of carbonyl (C=O) groups is 1. The Bertz CT molecular complexity index is 1210. The predicted molar refractivity (Wildman–Crippen MR) is 144 cm³/mol. The van der Waals surface area contributed by atoms with Crippen molar-refractivity contribution in [3.63, 3.8) is 0 Å². The Labute approximate surface area is 228 Å². The third-order valence-corrected chi connectivity index (χ3v) is 6.38. The Hall–Kier alpha value is -3.72. The molecule has 6 atom stereocenters. The van der Waals surface area contributed by atoms with Crippen LogP contribution in [-0.2, 0) is 48.3 Å². The third-order valence-electron chi connectivity index (χ3n) is 6.38. The van der Waals surface area contributed by atoms with Crippen molar-refractivity contribution in [3.8, 4) is 0 Å². The van der Waals surface area contributed by atoms with E-state index in [9.17, 15) is 10.3 Å². The summed E-state index contributed by atoms with van der Waals surface area (Å²) in [5, 5.41) is 3.88. The molecule has 1 aliphatic rings. The van der Waals surface area contributed by atoms with Crippen LogP contribution in [0, 0.1) is 0 Å². The third kappa shape index (κ3) is 8.13. The van der Waals surface area contributed by atoms with Gasteiger partial charge in [-0.2, -0.15) is 0 Å². The summed E-state index contributed by atoms with van der Waals surface area (Å²) in [5.41, 5.74) is 12.0. The lowest BCUT2D eigenvalue weighted by Crippen LogP contribution is -2.63. The van der Waals surface area contributed by atoms with Gasteiger partial charge in [0.25, 0.3) is 0 Å². The first kappa shape index (κ1) is 28.3. The molecule has 1 heterocycles. The van der Waals surface area contributed by atoms with Crippen molar-refractivity contribution < 1.29 is 28.5 Å². The zero-order valence-corrected chi connectivity index (χ0v) is 22.0. The van der Waals surface area contributed by atoms with Crippen molar-refractivity contribution in [2.75, 3.05) is 0 Å². The summed E-state index contributed by atoms with van der Waals surface area (Å²) in [4.78, 5) is 15.1. The predicted octanol–water partition coefficient (Wildman–Crippen LogP) is 5.73. The number of nitrogens with zero attached hydrogens (tertiary/aromatic N) is 3. The largest absolute Gasteiger partial charge is 0.433 e. The molecule has 0 radical (unpaired) electrons. The standard InChI is InChI=1S/C30H33N3O6/c1-21(32-33-31)26-27(35-18-23-12-6-3-7-13-23)28(36-19-24-14-8-4-9-15-24)29(30(39-26)38-22(2)34)37-20-25-16-10-5-11-17-25/h3-17,21,26-30H,18-20H2,1-2H3/t21-,26-,27-,28+,29-,30?/m1/s1. The topological polar surface area (TPSA) is 112 Å². The summed E-state index contributed by atoms with van der Waals surface area (Å²) in [6, 6.07) is 28.5. The van der Waals surface area contributed by atoms with Gasteiger partial charge in [-0.3, -0.25) is 4.79 Å². The van der Waals surface area contributed by atoms with Crippen molar-refractivity contribution in [3.05, 3.63) is 118 Å².